The number of aliphatic hydroxyl groups excluding tert-OH is 1. The first-order valence-corrected chi connectivity index (χ1v) is 39.6. The van der Waals surface area contributed by atoms with Gasteiger partial charge in [-0.25, -0.2) is 9.13 Å². The van der Waals surface area contributed by atoms with Gasteiger partial charge in [-0.05, 0) is 31.6 Å². The van der Waals surface area contributed by atoms with Crippen molar-refractivity contribution in [1.82, 2.24) is 0 Å². The molecule has 0 bridgehead atoms. The minimum atomic E-state index is -4.95. The number of esters is 4. The second-order valence-electron chi connectivity index (χ2n) is 25.7. The molecule has 5 atom stereocenters. The summed E-state index contributed by atoms with van der Waals surface area (Å²) in [6, 6.07) is 0. The number of carbonyl (C=O) groups is 4. The van der Waals surface area contributed by atoms with Crippen molar-refractivity contribution in [3.8, 4) is 0 Å². The Morgan fingerprint density at radius 3 is 0.764 bits per heavy atom. The molecule has 0 aliphatic rings. The molecule has 528 valence electrons. The van der Waals surface area contributed by atoms with Crippen LogP contribution in [0.1, 0.15) is 362 Å². The normalized spacial score (nSPS) is 14.1. The minimum Gasteiger partial charge on any atom is -0.462 e. The Balaban J connectivity index is 5.20. The molecule has 0 aromatic heterocycles. The van der Waals surface area contributed by atoms with E-state index >= 15 is 0 Å². The monoisotopic (exact) mass is 1310 g/mol. The Morgan fingerprint density at radius 2 is 0.517 bits per heavy atom. The lowest BCUT2D eigenvalue weighted by Crippen LogP contribution is -2.30. The van der Waals surface area contributed by atoms with E-state index < -0.39 is 97.5 Å². The number of hydrogen-bond acceptors (Lipinski definition) is 15. The molecule has 89 heavy (non-hydrogen) atoms. The highest BCUT2D eigenvalue weighted by Gasteiger charge is 2.30. The van der Waals surface area contributed by atoms with E-state index in [0.717, 1.165) is 89.9 Å². The number of rotatable bonds is 70. The number of ether oxygens (including phenoxy) is 4. The highest BCUT2D eigenvalue weighted by Crippen LogP contribution is 2.45. The first kappa shape index (κ1) is 87.1. The van der Waals surface area contributed by atoms with Gasteiger partial charge in [-0.1, -0.05) is 311 Å². The fourth-order valence-corrected chi connectivity index (χ4v) is 12.2. The summed E-state index contributed by atoms with van der Waals surface area (Å²) in [5.41, 5.74) is 0. The van der Waals surface area contributed by atoms with Crippen LogP contribution >= 0.6 is 15.6 Å². The molecule has 0 saturated heterocycles. The lowest BCUT2D eigenvalue weighted by Gasteiger charge is -2.21. The molecule has 17 nitrogen and oxygen atoms in total. The van der Waals surface area contributed by atoms with Gasteiger partial charge in [-0.3, -0.25) is 37.3 Å². The number of hydrogen-bond donors (Lipinski definition) is 3. The van der Waals surface area contributed by atoms with Gasteiger partial charge in [0, 0.05) is 25.7 Å². The van der Waals surface area contributed by atoms with Gasteiger partial charge >= 0.3 is 39.5 Å². The van der Waals surface area contributed by atoms with E-state index in [4.69, 9.17) is 37.0 Å². The fourth-order valence-electron chi connectivity index (χ4n) is 10.6. The molecule has 0 aliphatic carbocycles. The quantitative estimate of drug-likeness (QED) is 0.0222. The van der Waals surface area contributed by atoms with Gasteiger partial charge in [-0.15, -0.1) is 0 Å². The molecule has 0 aromatic carbocycles. The van der Waals surface area contributed by atoms with Gasteiger partial charge < -0.3 is 33.8 Å². The second kappa shape index (κ2) is 63.5. The van der Waals surface area contributed by atoms with Crippen molar-refractivity contribution < 1.29 is 80.2 Å². The van der Waals surface area contributed by atoms with Crippen LogP contribution in [0.4, 0.5) is 0 Å². The van der Waals surface area contributed by atoms with Gasteiger partial charge in [0.15, 0.2) is 12.2 Å². The van der Waals surface area contributed by atoms with E-state index in [2.05, 4.69) is 34.6 Å². The third-order valence-corrected chi connectivity index (χ3v) is 18.2. The lowest BCUT2D eigenvalue weighted by molar-refractivity contribution is -0.161. The molecular formula is C70H136O17P2. The summed E-state index contributed by atoms with van der Waals surface area (Å²) in [6.45, 7) is 7.17. The Hall–Kier alpha value is -1.94. The van der Waals surface area contributed by atoms with Crippen molar-refractivity contribution in [2.24, 2.45) is 5.92 Å². The molecule has 3 N–H and O–H groups in total. The Kier molecular flexibility index (Phi) is 62.1. The molecule has 0 fully saturated rings. The molecule has 0 heterocycles. The predicted molar refractivity (Wildman–Crippen MR) is 358 cm³/mol. The molecule has 0 rings (SSSR count). The van der Waals surface area contributed by atoms with Crippen LogP contribution in [0.15, 0.2) is 0 Å². The average molecular weight is 1310 g/mol. The predicted octanol–water partition coefficient (Wildman–Crippen LogP) is 20.1. The zero-order chi connectivity index (χ0) is 65.6. The van der Waals surface area contributed by atoms with E-state index in [1.165, 1.54) is 186 Å². The van der Waals surface area contributed by atoms with Crippen molar-refractivity contribution in [2.75, 3.05) is 39.6 Å². The molecule has 0 aromatic rings. The summed E-state index contributed by atoms with van der Waals surface area (Å²) < 4.78 is 68.2. The van der Waals surface area contributed by atoms with Crippen LogP contribution in [0.2, 0.25) is 0 Å². The van der Waals surface area contributed by atoms with Crippen LogP contribution in [-0.4, -0.2) is 96.7 Å². The average Bonchev–Trinajstić information content (AvgIpc) is 3.53. The maximum atomic E-state index is 13.0. The van der Waals surface area contributed by atoms with Crippen molar-refractivity contribution in [2.45, 2.75) is 380 Å². The maximum Gasteiger partial charge on any atom is 0.472 e. The van der Waals surface area contributed by atoms with Gasteiger partial charge in [0.2, 0.25) is 0 Å². The summed E-state index contributed by atoms with van der Waals surface area (Å²) >= 11 is 0. The number of aliphatic hydroxyl groups is 1. The molecule has 0 amide bonds. The topological polar surface area (TPSA) is 237 Å². The van der Waals surface area contributed by atoms with Crippen molar-refractivity contribution in [1.29, 1.82) is 0 Å². The molecule has 0 aliphatic heterocycles. The van der Waals surface area contributed by atoms with Crippen LogP contribution in [0, 0.1) is 5.92 Å². The first-order valence-electron chi connectivity index (χ1n) is 36.6. The van der Waals surface area contributed by atoms with E-state index in [9.17, 15) is 43.2 Å². The SMILES string of the molecule is CCCCCCCCCCCCCCCCCCCCC(=O)O[C@H](COC(=O)CCCCCCCCCCCCCC)COP(=O)(O)OC[C@@H](O)COP(=O)(O)OC[C@@H](COC(=O)CCCCCCCCCCC)OC(=O)CCCCCCCCCC(C)C. The first-order chi connectivity index (χ1) is 43.0. The number of carbonyl (C=O) groups excluding carboxylic acids is 4. The Labute approximate surface area is 543 Å². The highest BCUT2D eigenvalue weighted by molar-refractivity contribution is 7.47. The third kappa shape index (κ3) is 64.6. The van der Waals surface area contributed by atoms with Crippen molar-refractivity contribution in [3.63, 3.8) is 0 Å². The second-order valence-corrected chi connectivity index (χ2v) is 28.7. The smallest absolute Gasteiger partial charge is 0.462 e. The van der Waals surface area contributed by atoms with Crippen LogP contribution in [0.5, 0.6) is 0 Å². The van der Waals surface area contributed by atoms with Crippen LogP contribution < -0.4 is 0 Å². The van der Waals surface area contributed by atoms with Crippen LogP contribution in [0.25, 0.3) is 0 Å². The summed E-state index contributed by atoms with van der Waals surface area (Å²) in [6.07, 6.45) is 50.0. The molecule has 0 radical (unpaired) electrons. The van der Waals surface area contributed by atoms with E-state index in [-0.39, 0.29) is 25.7 Å². The maximum absolute atomic E-state index is 13.0. The van der Waals surface area contributed by atoms with Crippen molar-refractivity contribution in [3.05, 3.63) is 0 Å². The largest absolute Gasteiger partial charge is 0.472 e. The van der Waals surface area contributed by atoms with Gasteiger partial charge in [0.05, 0.1) is 26.4 Å². The Bertz CT molecular complexity index is 1720. The minimum absolute atomic E-state index is 0.104. The summed E-state index contributed by atoms with van der Waals surface area (Å²) in [5.74, 6) is -1.43. The van der Waals surface area contributed by atoms with Crippen LogP contribution in [-0.2, 0) is 65.4 Å². The molecule has 0 spiro atoms. The summed E-state index contributed by atoms with van der Waals surface area (Å²) in [4.78, 5) is 72.4. The molecule has 0 saturated carbocycles. The zero-order valence-corrected chi connectivity index (χ0v) is 59.4. The van der Waals surface area contributed by atoms with Gasteiger partial charge in [0.1, 0.15) is 19.3 Å². The zero-order valence-electron chi connectivity index (χ0n) is 57.6. The molecular weight excluding hydrogens is 1170 g/mol. The van der Waals surface area contributed by atoms with Crippen molar-refractivity contribution >= 4 is 39.5 Å². The third-order valence-electron chi connectivity index (χ3n) is 16.3. The van der Waals surface area contributed by atoms with Gasteiger partial charge in [-0.2, -0.15) is 0 Å². The number of phosphoric ester groups is 2. The van der Waals surface area contributed by atoms with E-state index in [1.54, 1.807) is 0 Å². The van der Waals surface area contributed by atoms with E-state index in [0.29, 0.717) is 31.6 Å². The van der Waals surface area contributed by atoms with E-state index in [1.807, 2.05) is 0 Å². The summed E-state index contributed by atoms with van der Waals surface area (Å²) in [7, 11) is -9.89. The van der Waals surface area contributed by atoms with Crippen LogP contribution in [0.3, 0.4) is 0 Å². The highest BCUT2D eigenvalue weighted by atomic mass is 31.2. The summed E-state index contributed by atoms with van der Waals surface area (Å²) in [5, 5.41) is 10.6. The van der Waals surface area contributed by atoms with Gasteiger partial charge in [0.25, 0.3) is 0 Å². The standard InChI is InChI=1S/C70H136O17P2/c1-6-9-12-15-18-21-23-25-26-27-28-29-30-32-35-40-45-50-55-69(74)86-65(59-81-68(73)54-49-44-39-34-31-24-22-19-16-13-10-7-2)61-84-88(76,77)82-57-64(71)58-83-89(78,79)85-62-66(60-80-67(72)53-48-43-38-33-20-17-14-11-8-3)87-70(75)56-51-46-41-36-37-42-47-52-63(4)5/h63-66,71H,6-62H2,1-5H3,(H,76,77)(H,78,79)/t64-,65-,66-/m1/s1. The number of unbranched alkanes of at least 4 members (excludes halogenated alkanes) is 42. The number of phosphoric acid groups is 2. The molecule has 2 unspecified atom stereocenters. The Morgan fingerprint density at radius 1 is 0.303 bits per heavy atom. The lowest BCUT2D eigenvalue weighted by atomic mass is 10.0. The fraction of sp³-hybridized carbons (Fsp3) is 0.943. The molecule has 19 heteroatoms.